The molecule has 0 amide bonds. The molecule has 0 N–H and O–H groups in total. The van der Waals surface area contributed by atoms with Crippen LogP contribution in [0, 0.1) is 17.8 Å². The molecule has 2 atom stereocenters. The third-order valence-electron chi connectivity index (χ3n) is 2.88. The van der Waals surface area contributed by atoms with Gasteiger partial charge in [-0.05, 0) is 5.92 Å². The zero-order valence-corrected chi connectivity index (χ0v) is 10.4. The number of carbonyl (C=O) groups is 2. The molecule has 0 aliphatic heterocycles. The second-order valence-corrected chi connectivity index (χ2v) is 4.33. The van der Waals surface area contributed by atoms with E-state index in [0.717, 1.165) is 6.42 Å². The number of hydrogen-bond acceptors (Lipinski definition) is 3. The lowest BCUT2D eigenvalue weighted by Crippen LogP contribution is -2.28. The van der Waals surface area contributed by atoms with Crippen LogP contribution < -0.4 is 0 Å². The number of methoxy groups -OCH3 is 1. The molecular formula is C12H22O3. The Morgan fingerprint density at radius 2 is 1.73 bits per heavy atom. The van der Waals surface area contributed by atoms with E-state index in [9.17, 15) is 9.59 Å². The molecule has 0 unspecified atom stereocenters. The molecule has 0 saturated heterocycles. The molecule has 0 fully saturated rings. The van der Waals surface area contributed by atoms with Crippen molar-refractivity contribution in [2.24, 2.45) is 17.8 Å². The lowest BCUT2D eigenvalue weighted by Gasteiger charge is -2.22. The van der Waals surface area contributed by atoms with Gasteiger partial charge >= 0.3 is 5.97 Å². The Morgan fingerprint density at radius 3 is 2.07 bits per heavy atom. The van der Waals surface area contributed by atoms with Crippen LogP contribution >= 0.6 is 0 Å². The van der Waals surface area contributed by atoms with Gasteiger partial charge in [-0.2, -0.15) is 0 Å². The van der Waals surface area contributed by atoms with E-state index in [4.69, 9.17) is 0 Å². The van der Waals surface area contributed by atoms with Gasteiger partial charge in [-0.1, -0.05) is 34.1 Å². The van der Waals surface area contributed by atoms with Crippen molar-refractivity contribution in [3.05, 3.63) is 0 Å². The smallest absolute Gasteiger partial charge is 0.306 e. The molecule has 0 aliphatic rings. The maximum atomic E-state index is 11.9. The summed E-state index contributed by atoms with van der Waals surface area (Å²) in [5.74, 6) is -0.112. The van der Waals surface area contributed by atoms with E-state index in [1.807, 2.05) is 27.7 Å². The van der Waals surface area contributed by atoms with Gasteiger partial charge in [0.2, 0.25) is 0 Å². The van der Waals surface area contributed by atoms with Gasteiger partial charge in [-0.3, -0.25) is 9.59 Å². The normalized spacial score (nSPS) is 14.8. The van der Waals surface area contributed by atoms with Crippen molar-refractivity contribution >= 4 is 11.8 Å². The molecule has 0 heterocycles. The quantitative estimate of drug-likeness (QED) is 0.638. The van der Waals surface area contributed by atoms with Crippen LogP contribution in [-0.2, 0) is 14.3 Å². The van der Waals surface area contributed by atoms with Crippen molar-refractivity contribution in [1.82, 2.24) is 0 Å². The Labute approximate surface area is 92.2 Å². The fourth-order valence-corrected chi connectivity index (χ4v) is 1.56. The minimum absolute atomic E-state index is 0.0198. The average molecular weight is 214 g/mol. The number of ether oxygens (including phenoxy) is 1. The highest BCUT2D eigenvalue weighted by atomic mass is 16.5. The second kappa shape index (κ2) is 6.59. The number of esters is 1. The minimum atomic E-state index is -0.297. The highest BCUT2D eigenvalue weighted by Gasteiger charge is 2.28. The van der Waals surface area contributed by atoms with Gasteiger partial charge < -0.3 is 4.74 Å². The fraction of sp³-hybridized carbons (Fsp3) is 0.833. The molecule has 3 nitrogen and oxygen atoms in total. The predicted octanol–water partition coefficient (Wildman–Crippen LogP) is 2.44. The summed E-state index contributed by atoms with van der Waals surface area (Å²) in [5.41, 5.74) is 0. The molecule has 0 bridgehead atoms. The summed E-state index contributed by atoms with van der Waals surface area (Å²) in [4.78, 5) is 23.1. The molecule has 88 valence electrons. The largest absolute Gasteiger partial charge is 0.469 e. The summed E-state index contributed by atoms with van der Waals surface area (Å²) < 4.78 is 4.61. The minimum Gasteiger partial charge on any atom is -0.469 e. The van der Waals surface area contributed by atoms with E-state index in [2.05, 4.69) is 4.74 Å². The molecule has 3 heteroatoms. The highest BCUT2D eigenvalue weighted by molar-refractivity contribution is 5.86. The third-order valence-corrected chi connectivity index (χ3v) is 2.88. The van der Waals surface area contributed by atoms with Crippen LogP contribution in [0.1, 0.15) is 40.5 Å². The molecule has 0 rings (SSSR count). The van der Waals surface area contributed by atoms with Crippen molar-refractivity contribution < 1.29 is 14.3 Å². The van der Waals surface area contributed by atoms with E-state index >= 15 is 0 Å². The summed E-state index contributed by atoms with van der Waals surface area (Å²) in [6, 6.07) is 0. The molecule has 0 aromatic heterocycles. The zero-order valence-electron chi connectivity index (χ0n) is 10.4. The maximum Gasteiger partial charge on any atom is 0.306 e. The third kappa shape index (κ3) is 4.45. The summed E-state index contributed by atoms with van der Waals surface area (Å²) in [7, 11) is 1.36. The van der Waals surface area contributed by atoms with E-state index in [0.29, 0.717) is 0 Å². The lowest BCUT2D eigenvalue weighted by molar-refractivity contribution is -0.145. The van der Waals surface area contributed by atoms with Crippen molar-refractivity contribution in [1.29, 1.82) is 0 Å². The molecular weight excluding hydrogens is 192 g/mol. The Hall–Kier alpha value is -0.860. The van der Waals surface area contributed by atoms with Gasteiger partial charge in [-0.25, -0.2) is 0 Å². The number of carbonyl (C=O) groups excluding carboxylic acids is 2. The van der Waals surface area contributed by atoms with E-state index in [-0.39, 0.29) is 35.9 Å². The predicted molar refractivity (Wildman–Crippen MR) is 59.4 cm³/mol. The van der Waals surface area contributed by atoms with E-state index in [1.165, 1.54) is 7.11 Å². The summed E-state index contributed by atoms with van der Waals surface area (Å²) >= 11 is 0. The van der Waals surface area contributed by atoms with Crippen molar-refractivity contribution in [2.45, 2.75) is 40.5 Å². The Balaban J connectivity index is 4.58. The number of hydrogen-bond donors (Lipinski definition) is 0. The molecule has 0 spiro atoms. The first-order valence-corrected chi connectivity index (χ1v) is 5.54. The number of Topliss-reactive ketones (excluding diaryl/α,β-unsaturated/α-hetero) is 1. The molecule has 0 radical (unpaired) electrons. The van der Waals surface area contributed by atoms with Crippen LogP contribution in [0.15, 0.2) is 0 Å². The van der Waals surface area contributed by atoms with Crippen LogP contribution in [0.3, 0.4) is 0 Å². The first-order chi connectivity index (χ1) is 6.93. The molecule has 0 saturated carbocycles. The Morgan fingerprint density at radius 1 is 1.20 bits per heavy atom. The maximum absolute atomic E-state index is 11.9. The van der Waals surface area contributed by atoms with Gasteiger partial charge in [0.05, 0.1) is 13.5 Å². The van der Waals surface area contributed by atoms with E-state index < -0.39 is 0 Å². The standard InChI is InChI=1S/C12H22O3/c1-6-9(4)10(7-11(13)15-5)12(14)8(2)3/h8-10H,6-7H2,1-5H3/t9-,10+/m1/s1. The summed E-state index contributed by atoms with van der Waals surface area (Å²) in [6.07, 6.45) is 1.11. The zero-order chi connectivity index (χ0) is 12.0. The van der Waals surface area contributed by atoms with E-state index in [1.54, 1.807) is 0 Å². The average Bonchev–Trinajstić information content (AvgIpc) is 2.23. The van der Waals surface area contributed by atoms with Gasteiger partial charge in [-0.15, -0.1) is 0 Å². The highest BCUT2D eigenvalue weighted by Crippen LogP contribution is 2.23. The molecule has 0 aliphatic carbocycles. The summed E-state index contributed by atoms with van der Waals surface area (Å²) in [6.45, 7) is 7.78. The Kier molecular flexibility index (Phi) is 6.21. The van der Waals surface area contributed by atoms with Crippen LogP contribution in [0.5, 0.6) is 0 Å². The van der Waals surface area contributed by atoms with Gasteiger partial charge in [0.1, 0.15) is 5.78 Å². The fourth-order valence-electron chi connectivity index (χ4n) is 1.56. The van der Waals surface area contributed by atoms with Crippen molar-refractivity contribution in [2.75, 3.05) is 7.11 Å². The van der Waals surface area contributed by atoms with Gasteiger partial charge in [0, 0.05) is 11.8 Å². The molecule has 0 aromatic rings. The van der Waals surface area contributed by atoms with Crippen molar-refractivity contribution in [3.8, 4) is 0 Å². The van der Waals surface area contributed by atoms with Crippen LogP contribution in [0.4, 0.5) is 0 Å². The number of ketones is 1. The topological polar surface area (TPSA) is 43.4 Å². The van der Waals surface area contributed by atoms with Gasteiger partial charge in [0.15, 0.2) is 0 Å². The van der Waals surface area contributed by atoms with Gasteiger partial charge in [0.25, 0.3) is 0 Å². The Bertz CT molecular complexity index is 221. The SMILES string of the molecule is CC[C@@H](C)[C@H](CC(=O)OC)C(=O)C(C)C. The first kappa shape index (κ1) is 14.1. The lowest BCUT2D eigenvalue weighted by atomic mass is 9.82. The van der Waals surface area contributed by atoms with Crippen LogP contribution in [0.2, 0.25) is 0 Å². The molecule has 15 heavy (non-hydrogen) atoms. The summed E-state index contributed by atoms with van der Waals surface area (Å²) in [5, 5.41) is 0. The molecule has 0 aromatic carbocycles. The monoisotopic (exact) mass is 214 g/mol. The van der Waals surface area contributed by atoms with Crippen molar-refractivity contribution in [3.63, 3.8) is 0 Å². The number of rotatable bonds is 6. The van der Waals surface area contributed by atoms with Crippen LogP contribution in [-0.4, -0.2) is 18.9 Å². The first-order valence-electron chi connectivity index (χ1n) is 5.54. The van der Waals surface area contributed by atoms with Crippen LogP contribution in [0.25, 0.3) is 0 Å². The second-order valence-electron chi connectivity index (χ2n) is 4.33.